The second-order valence-corrected chi connectivity index (χ2v) is 21.1. The van der Waals surface area contributed by atoms with Gasteiger partial charge < -0.3 is 61.2 Å². The minimum Gasteiger partial charge on any atom is -0.497 e. The number of likely N-dealkylation sites (tertiary alicyclic amines) is 2. The molecular weight excluding hydrogens is 1070 g/mol. The van der Waals surface area contributed by atoms with E-state index >= 15 is 0 Å². The largest absolute Gasteiger partial charge is 0.497 e. The van der Waals surface area contributed by atoms with Crippen molar-refractivity contribution in [3.8, 4) is 17.6 Å². The molecule has 0 aliphatic carbocycles. The fourth-order valence-corrected chi connectivity index (χ4v) is 10.4. The highest BCUT2D eigenvalue weighted by Gasteiger charge is 2.45. The number of amides is 6. The lowest BCUT2D eigenvalue weighted by atomic mass is 10.0. The van der Waals surface area contributed by atoms with Gasteiger partial charge in [0, 0.05) is 63.3 Å². The molecule has 4 aromatic carbocycles. The Bertz CT molecular complexity index is 2800. The third-order valence-electron chi connectivity index (χ3n) is 15.3. The average molecular weight is 1150 g/mol. The summed E-state index contributed by atoms with van der Waals surface area (Å²) in [7, 11) is 4.69. The first kappa shape index (κ1) is 64.8. The predicted octanol–water partition coefficient (Wildman–Crippen LogP) is 3.41. The lowest BCUT2D eigenvalue weighted by Crippen LogP contribution is -2.60. The summed E-state index contributed by atoms with van der Waals surface area (Å²) in [5.74, 6) is 2.48. The Kier molecular flexibility index (Phi) is 24.9. The highest BCUT2D eigenvalue weighted by molar-refractivity contribution is 5.91. The molecular formula is C62H80F3N9O9. The van der Waals surface area contributed by atoms with Crippen LogP contribution in [0.4, 0.5) is 13.2 Å². The number of hydrogen-bond donors (Lipinski definition) is 6. The van der Waals surface area contributed by atoms with E-state index in [4.69, 9.17) is 15.2 Å². The van der Waals surface area contributed by atoms with E-state index in [0.717, 1.165) is 21.6 Å². The van der Waals surface area contributed by atoms with E-state index in [2.05, 4.69) is 33.1 Å². The Labute approximate surface area is 485 Å². The molecule has 2 aliphatic rings. The zero-order chi connectivity index (χ0) is 60.1. The van der Waals surface area contributed by atoms with Gasteiger partial charge >= 0.3 is 12.1 Å². The van der Waals surface area contributed by atoms with Crippen LogP contribution in [0.5, 0.6) is 5.75 Å². The van der Waals surface area contributed by atoms with Crippen molar-refractivity contribution in [2.75, 3.05) is 73.7 Å². The fraction of sp³-hybridized carbons (Fsp3) is 0.484. The maximum Gasteiger partial charge on any atom is 0.471 e. The topological polar surface area (TPSA) is 228 Å². The smallest absolute Gasteiger partial charge is 0.471 e. The summed E-state index contributed by atoms with van der Waals surface area (Å²) in [6.07, 6.45) is -2.83. The Morgan fingerprint density at radius 2 is 1.24 bits per heavy atom. The molecule has 21 heteroatoms. The maximum atomic E-state index is 14.7. The number of aliphatic hydroxyl groups excluding tert-OH is 1. The summed E-state index contributed by atoms with van der Waals surface area (Å²) in [6.45, 7) is 3.22. The molecule has 8 atom stereocenters. The molecule has 2 fully saturated rings. The maximum absolute atomic E-state index is 14.7. The van der Waals surface area contributed by atoms with Crippen LogP contribution in [-0.4, -0.2) is 188 Å². The van der Waals surface area contributed by atoms with Crippen molar-refractivity contribution in [1.82, 2.24) is 40.9 Å². The highest BCUT2D eigenvalue weighted by Crippen LogP contribution is 2.26. The van der Waals surface area contributed by atoms with E-state index < -0.39 is 90.7 Å². The minimum absolute atomic E-state index is 0.0433. The number of nitrogens with zero attached hydrogens (tertiary/aromatic N) is 4. The molecule has 0 aromatic heterocycles. The molecule has 0 unspecified atom stereocenters. The summed E-state index contributed by atoms with van der Waals surface area (Å²) < 4.78 is 53.1. The van der Waals surface area contributed by atoms with Crippen LogP contribution in [0.3, 0.4) is 0 Å². The number of carbonyl (C=O) groups is 6. The van der Waals surface area contributed by atoms with Crippen LogP contribution in [0.2, 0.25) is 0 Å². The molecule has 448 valence electrons. The molecule has 2 aliphatic heterocycles. The summed E-state index contributed by atoms with van der Waals surface area (Å²) in [5.41, 5.74) is 10.5. The van der Waals surface area contributed by atoms with Crippen molar-refractivity contribution in [2.45, 2.75) is 120 Å². The first-order valence-corrected chi connectivity index (χ1v) is 28.3. The normalized spacial score (nSPS) is 17.2. The molecule has 2 saturated heterocycles. The number of likely N-dealkylation sites (N-methyl/N-ethyl adjacent to an activating group) is 2. The molecule has 2 heterocycles. The van der Waals surface area contributed by atoms with Crippen LogP contribution in [-0.2, 0) is 59.2 Å². The van der Waals surface area contributed by atoms with E-state index in [0.29, 0.717) is 62.1 Å². The second-order valence-electron chi connectivity index (χ2n) is 21.1. The Balaban J connectivity index is 1.13. The molecule has 0 bridgehead atoms. The van der Waals surface area contributed by atoms with Crippen LogP contribution < -0.4 is 31.7 Å². The first-order valence-electron chi connectivity index (χ1n) is 28.3. The minimum atomic E-state index is -5.11. The molecule has 18 nitrogen and oxygen atoms in total. The fourth-order valence-electron chi connectivity index (χ4n) is 10.4. The molecule has 4 aromatic rings. The van der Waals surface area contributed by atoms with Crippen molar-refractivity contribution in [3.05, 3.63) is 137 Å². The number of ether oxygens (including phenoxy) is 2. The van der Waals surface area contributed by atoms with Crippen molar-refractivity contribution in [3.63, 3.8) is 0 Å². The summed E-state index contributed by atoms with van der Waals surface area (Å²) in [4.78, 5) is 88.5. The number of halogens is 3. The molecule has 6 amide bonds. The number of alkyl halides is 3. The van der Waals surface area contributed by atoms with E-state index in [1.165, 1.54) is 11.9 Å². The quantitative estimate of drug-likeness (QED) is 0.0450. The molecule has 0 saturated carbocycles. The Morgan fingerprint density at radius 1 is 0.699 bits per heavy atom. The SMILES string of the molecule is CN[C@@H](C)C(=O)N[C@@H](Cc1ccc(C#CCO[C@H](C)[C@H](NC(=O)[C@H](CO)NC)C(=O)N2CCC[C@H]2CN(CCc2ccccc2)C(=O)[C@H](N)Cc2ccc(OC)cc2)cc1)C(=O)N1CCC[C@H]1CN(CCc1ccccc1)C(=O)C(F)(F)F. The molecule has 0 spiro atoms. The standard InChI is InChI=1S/C62H80F3N9O9/c1-42(67-3)56(76)69-53(59(79)73-32-12-21-50(73)40-72(61(81)62(63,64)65)35-31-45-17-10-7-11-18-45)38-48-24-22-46(23-25-48)19-14-36-83-43(2)55(70-57(77)54(41-75)68-4)60(80)74-33-13-20-49(74)39-71(34-30-44-15-8-6-9-16-44)58(78)52(66)37-47-26-28-51(82-5)29-27-47/h6-11,15-18,22-29,42-43,49-50,52-55,67-68,75H,12-13,20-21,30-41,66H2,1-5H3,(H,69,76)(H,70,77)/t42-,43+,49-,50-,52+,53-,54-,55-/m0/s1. The van der Waals surface area contributed by atoms with Gasteiger partial charge in [0.15, 0.2) is 0 Å². The number of benzene rings is 4. The zero-order valence-electron chi connectivity index (χ0n) is 48.0. The van der Waals surface area contributed by atoms with Gasteiger partial charge in [-0.05, 0) is 119 Å². The van der Waals surface area contributed by atoms with E-state index in [-0.39, 0.29) is 58.0 Å². The predicted molar refractivity (Wildman–Crippen MR) is 308 cm³/mol. The van der Waals surface area contributed by atoms with Gasteiger partial charge in [-0.3, -0.25) is 28.8 Å². The van der Waals surface area contributed by atoms with Gasteiger partial charge in [0.2, 0.25) is 29.5 Å². The van der Waals surface area contributed by atoms with Crippen LogP contribution in [0.25, 0.3) is 0 Å². The van der Waals surface area contributed by atoms with E-state index in [1.54, 1.807) is 92.4 Å². The molecule has 83 heavy (non-hydrogen) atoms. The van der Waals surface area contributed by atoms with Gasteiger partial charge in [-0.15, -0.1) is 0 Å². The average Bonchev–Trinajstić information content (AvgIpc) is 4.42. The van der Waals surface area contributed by atoms with Crippen molar-refractivity contribution >= 4 is 35.4 Å². The first-order chi connectivity index (χ1) is 39.8. The summed E-state index contributed by atoms with van der Waals surface area (Å²) >= 11 is 0. The number of aliphatic hydroxyl groups is 1. The number of rotatable bonds is 28. The van der Waals surface area contributed by atoms with Crippen molar-refractivity contribution < 1.29 is 56.5 Å². The second kappa shape index (κ2) is 31.9. The van der Waals surface area contributed by atoms with Gasteiger partial charge in [0.1, 0.15) is 30.5 Å². The number of nitrogens with one attached hydrogen (secondary N) is 4. The monoisotopic (exact) mass is 1150 g/mol. The molecule has 7 N–H and O–H groups in total. The van der Waals surface area contributed by atoms with Gasteiger partial charge in [0.05, 0.1) is 31.9 Å². The lowest BCUT2D eigenvalue weighted by molar-refractivity contribution is -0.186. The Morgan fingerprint density at radius 3 is 1.78 bits per heavy atom. The number of methoxy groups -OCH3 is 1. The number of nitrogens with two attached hydrogens (primary N) is 1. The van der Waals surface area contributed by atoms with Crippen LogP contribution in [0.1, 0.15) is 67.3 Å². The van der Waals surface area contributed by atoms with Gasteiger partial charge in [0.25, 0.3) is 0 Å². The van der Waals surface area contributed by atoms with Gasteiger partial charge in [-0.25, -0.2) is 0 Å². The highest BCUT2D eigenvalue weighted by atomic mass is 19.4. The number of hydrogen-bond acceptors (Lipinski definition) is 12. The molecule has 6 rings (SSSR count). The van der Waals surface area contributed by atoms with Crippen molar-refractivity contribution in [1.29, 1.82) is 0 Å². The summed E-state index contributed by atoms with van der Waals surface area (Å²) in [5, 5.41) is 21.2. The third-order valence-corrected chi connectivity index (χ3v) is 15.3. The van der Waals surface area contributed by atoms with Crippen LogP contribution in [0, 0.1) is 11.8 Å². The van der Waals surface area contributed by atoms with Crippen molar-refractivity contribution in [2.24, 2.45) is 5.73 Å². The van der Waals surface area contributed by atoms with Crippen LogP contribution in [0.15, 0.2) is 109 Å². The zero-order valence-corrected chi connectivity index (χ0v) is 48.0. The van der Waals surface area contributed by atoms with E-state index in [1.807, 2.05) is 54.6 Å². The Hall–Kier alpha value is -7.35. The molecule has 0 radical (unpaired) electrons. The van der Waals surface area contributed by atoms with E-state index in [9.17, 15) is 47.0 Å². The van der Waals surface area contributed by atoms with Gasteiger partial charge in [-0.1, -0.05) is 96.8 Å². The van der Waals surface area contributed by atoms with Crippen LogP contribution >= 0.6 is 0 Å². The third kappa shape index (κ3) is 19.1. The summed E-state index contributed by atoms with van der Waals surface area (Å²) in [6, 6.07) is 27.0. The van der Waals surface area contributed by atoms with Gasteiger partial charge in [-0.2, -0.15) is 13.2 Å². The number of carbonyl (C=O) groups excluding carboxylic acids is 6. The lowest BCUT2D eigenvalue weighted by Gasteiger charge is -2.35.